The summed E-state index contributed by atoms with van der Waals surface area (Å²) >= 11 is 0. The molecule has 0 aromatic carbocycles. The van der Waals surface area contributed by atoms with Crippen LogP contribution in [-0.2, 0) is 0 Å². The number of unbranched alkanes of at least 4 members (excludes halogenated alkanes) is 5. The summed E-state index contributed by atoms with van der Waals surface area (Å²) in [6.45, 7) is 2.80. The lowest BCUT2D eigenvalue weighted by atomic mass is 10.1. The first-order chi connectivity index (χ1) is 9.65. The second kappa shape index (κ2) is 9.07. The van der Waals surface area contributed by atoms with Gasteiger partial charge in [0.2, 0.25) is 0 Å². The highest BCUT2D eigenvalue weighted by atomic mass is 16.4. The van der Waals surface area contributed by atoms with Crippen LogP contribution in [0, 0.1) is 0 Å². The Hall–Kier alpha value is -1.91. The standard InChI is InChI=1S/C15H22N2O3/c1-2-3-4-5-6-7-9-17-14(18)12-8-10-16-13(11-12)15(19)20/h8,10-11H,2-7,9H2,1H3,(H,17,18)(H,19,20). The molecule has 0 unspecified atom stereocenters. The van der Waals surface area contributed by atoms with E-state index in [1.165, 1.54) is 44.0 Å². The first-order valence-electron chi connectivity index (χ1n) is 7.12. The summed E-state index contributed by atoms with van der Waals surface area (Å²) in [6.07, 6.45) is 8.33. The molecule has 0 saturated carbocycles. The van der Waals surface area contributed by atoms with Gasteiger partial charge in [-0.15, -0.1) is 0 Å². The third kappa shape index (κ3) is 5.82. The maximum Gasteiger partial charge on any atom is 0.354 e. The van der Waals surface area contributed by atoms with Gasteiger partial charge in [-0.3, -0.25) is 4.79 Å². The summed E-state index contributed by atoms with van der Waals surface area (Å²) in [7, 11) is 0. The van der Waals surface area contributed by atoms with Gasteiger partial charge >= 0.3 is 5.97 Å². The Morgan fingerprint density at radius 1 is 1.20 bits per heavy atom. The van der Waals surface area contributed by atoms with Crippen molar-refractivity contribution in [3.05, 3.63) is 29.6 Å². The fourth-order valence-electron chi connectivity index (χ4n) is 1.90. The Labute approximate surface area is 119 Å². The van der Waals surface area contributed by atoms with Gasteiger partial charge in [0.05, 0.1) is 0 Å². The largest absolute Gasteiger partial charge is 0.477 e. The molecule has 0 aliphatic rings. The van der Waals surface area contributed by atoms with E-state index in [0.29, 0.717) is 12.1 Å². The van der Waals surface area contributed by atoms with Gasteiger partial charge in [-0.1, -0.05) is 39.0 Å². The molecule has 5 heteroatoms. The number of hydrogen-bond acceptors (Lipinski definition) is 3. The predicted octanol–water partition coefficient (Wildman–Crippen LogP) is 2.87. The third-order valence-corrected chi connectivity index (χ3v) is 3.06. The van der Waals surface area contributed by atoms with Crippen molar-refractivity contribution in [2.75, 3.05) is 6.54 Å². The van der Waals surface area contributed by atoms with Crippen LogP contribution in [0.25, 0.3) is 0 Å². The average Bonchev–Trinajstić information content (AvgIpc) is 2.46. The van der Waals surface area contributed by atoms with E-state index in [1.807, 2.05) is 0 Å². The number of carbonyl (C=O) groups is 2. The van der Waals surface area contributed by atoms with Crippen molar-refractivity contribution in [2.45, 2.75) is 45.4 Å². The van der Waals surface area contributed by atoms with Crippen LogP contribution >= 0.6 is 0 Å². The van der Waals surface area contributed by atoms with Gasteiger partial charge < -0.3 is 10.4 Å². The smallest absolute Gasteiger partial charge is 0.354 e. The van der Waals surface area contributed by atoms with Crippen molar-refractivity contribution in [1.29, 1.82) is 0 Å². The molecule has 0 radical (unpaired) electrons. The van der Waals surface area contributed by atoms with Gasteiger partial charge in [0.15, 0.2) is 0 Å². The van der Waals surface area contributed by atoms with Crippen LogP contribution in [-0.4, -0.2) is 28.5 Å². The molecule has 0 bridgehead atoms. The quantitative estimate of drug-likeness (QED) is 0.681. The van der Waals surface area contributed by atoms with Gasteiger partial charge in [0.25, 0.3) is 5.91 Å². The Kier molecular flexibility index (Phi) is 7.32. The molecule has 1 aromatic heterocycles. The molecule has 0 atom stereocenters. The molecule has 0 aliphatic heterocycles. The number of nitrogens with zero attached hydrogens (tertiary/aromatic N) is 1. The number of pyridine rings is 1. The Bertz CT molecular complexity index is 446. The lowest BCUT2D eigenvalue weighted by Crippen LogP contribution is -2.24. The number of hydrogen-bond donors (Lipinski definition) is 2. The molecule has 0 fully saturated rings. The number of nitrogens with one attached hydrogen (secondary N) is 1. The molecule has 0 aliphatic carbocycles. The minimum Gasteiger partial charge on any atom is -0.477 e. The maximum absolute atomic E-state index is 11.8. The molecule has 20 heavy (non-hydrogen) atoms. The summed E-state index contributed by atoms with van der Waals surface area (Å²) in [5.74, 6) is -1.38. The molecule has 0 spiro atoms. The fourth-order valence-corrected chi connectivity index (χ4v) is 1.90. The molecule has 0 saturated heterocycles. The van der Waals surface area contributed by atoms with Crippen LogP contribution in [0.15, 0.2) is 18.3 Å². The summed E-state index contributed by atoms with van der Waals surface area (Å²) < 4.78 is 0. The number of carboxylic acids is 1. The number of aromatic carboxylic acids is 1. The topological polar surface area (TPSA) is 79.3 Å². The molecular formula is C15H22N2O3. The number of amides is 1. The highest BCUT2D eigenvalue weighted by Gasteiger charge is 2.09. The van der Waals surface area contributed by atoms with Gasteiger partial charge in [0.1, 0.15) is 5.69 Å². The van der Waals surface area contributed by atoms with Gasteiger partial charge in [-0.2, -0.15) is 0 Å². The zero-order valence-corrected chi connectivity index (χ0v) is 11.9. The molecule has 1 amide bonds. The Morgan fingerprint density at radius 2 is 1.90 bits per heavy atom. The lowest BCUT2D eigenvalue weighted by Gasteiger charge is -2.05. The second-order valence-electron chi connectivity index (χ2n) is 4.76. The zero-order chi connectivity index (χ0) is 14.8. The van der Waals surface area contributed by atoms with Gasteiger partial charge in [0, 0.05) is 18.3 Å². The molecule has 5 nitrogen and oxygen atoms in total. The van der Waals surface area contributed by atoms with E-state index in [4.69, 9.17) is 5.11 Å². The van der Waals surface area contributed by atoms with E-state index >= 15 is 0 Å². The first kappa shape index (κ1) is 16.1. The van der Waals surface area contributed by atoms with Crippen molar-refractivity contribution >= 4 is 11.9 Å². The van der Waals surface area contributed by atoms with Crippen LogP contribution in [0.4, 0.5) is 0 Å². The highest BCUT2D eigenvalue weighted by Crippen LogP contribution is 2.05. The monoisotopic (exact) mass is 278 g/mol. The number of carboxylic acid groups (broad SMARTS) is 1. The third-order valence-electron chi connectivity index (χ3n) is 3.06. The van der Waals surface area contributed by atoms with Crippen LogP contribution in [0.5, 0.6) is 0 Å². The molecule has 1 rings (SSSR count). The van der Waals surface area contributed by atoms with E-state index < -0.39 is 5.97 Å². The lowest BCUT2D eigenvalue weighted by molar-refractivity contribution is 0.0690. The normalized spacial score (nSPS) is 10.2. The predicted molar refractivity (Wildman–Crippen MR) is 76.9 cm³/mol. The van der Waals surface area contributed by atoms with Crippen LogP contribution in [0.1, 0.15) is 66.3 Å². The van der Waals surface area contributed by atoms with E-state index in [-0.39, 0.29) is 11.6 Å². The van der Waals surface area contributed by atoms with Crippen LogP contribution in [0.2, 0.25) is 0 Å². The Morgan fingerprint density at radius 3 is 2.60 bits per heavy atom. The summed E-state index contributed by atoms with van der Waals surface area (Å²) in [6, 6.07) is 2.81. The van der Waals surface area contributed by atoms with Crippen LogP contribution in [0.3, 0.4) is 0 Å². The summed E-state index contributed by atoms with van der Waals surface area (Å²) in [4.78, 5) is 26.3. The van der Waals surface area contributed by atoms with Crippen molar-refractivity contribution in [2.24, 2.45) is 0 Å². The number of carbonyl (C=O) groups excluding carboxylic acids is 1. The number of rotatable bonds is 9. The molecule has 1 aromatic rings. The van der Waals surface area contributed by atoms with Crippen molar-refractivity contribution in [3.63, 3.8) is 0 Å². The van der Waals surface area contributed by atoms with E-state index in [2.05, 4.69) is 17.2 Å². The fraction of sp³-hybridized carbons (Fsp3) is 0.533. The first-order valence-corrected chi connectivity index (χ1v) is 7.12. The van der Waals surface area contributed by atoms with E-state index in [0.717, 1.165) is 12.8 Å². The SMILES string of the molecule is CCCCCCCCNC(=O)c1ccnc(C(=O)O)c1. The highest BCUT2D eigenvalue weighted by molar-refractivity contribution is 5.96. The van der Waals surface area contributed by atoms with Gasteiger partial charge in [-0.05, 0) is 18.6 Å². The summed E-state index contributed by atoms with van der Waals surface area (Å²) in [5.41, 5.74) is 0.223. The number of aromatic nitrogens is 1. The van der Waals surface area contributed by atoms with Gasteiger partial charge in [-0.25, -0.2) is 9.78 Å². The van der Waals surface area contributed by atoms with E-state index in [9.17, 15) is 9.59 Å². The molecule has 110 valence electrons. The van der Waals surface area contributed by atoms with Crippen LogP contribution < -0.4 is 5.32 Å². The average molecular weight is 278 g/mol. The van der Waals surface area contributed by atoms with E-state index in [1.54, 1.807) is 0 Å². The van der Waals surface area contributed by atoms with Crippen molar-refractivity contribution in [1.82, 2.24) is 10.3 Å². The molecular weight excluding hydrogens is 256 g/mol. The second-order valence-corrected chi connectivity index (χ2v) is 4.76. The molecule has 2 N–H and O–H groups in total. The minimum absolute atomic E-state index is 0.114. The summed E-state index contributed by atoms with van der Waals surface area (Å²) in [5, 5.41) is 11.6. The van der Waals surface area contributed by atoms with Crippen molar-refractivity contribution in [3.8, 4) is 0 Å². The Balaban J connectivity index is 2.29. The zero-order valence-electron chi connectivity index (χ0n) is 11.9. The maximum atomic E-state index is 11.8. The molecule has 1 heterocycles. The van der Waals surface area contributed by atoms with Crippen molar-refractivity contribution < 1.29 is 14.7 Å². The minimum atomic E-state index is -1.13.